The number of sulfonamides is 1. The fraction of sp³-hybridized carbons (Fsp3) is 0.292. The van der Waals surface area contributed by atoms with Gasteiger partial charge in [0.05, 0.1) is 18.2 Å². The number of hydrogen-bond donors (Lipinski definition) is 2. The molecule has 0 aliphatic carbocycles. The Morgan fingerprint density at radius 1 is 1.14 bits per heavy atom. The minimum Gasteiger partial charge on any atom is -0.369 e. The van der Waals surface area contributed by atoms with Crippen LogP contribution in [0.3, 0.4) is 0 Å². The SMILES string of the molecule is CN(c1ncccc1Cn1cc(F)c2cnc(Nc3ccc(N4CCNCC4)cc3)nc21)S(C)(=O)=O. The normalized spacial score (nSPS) is 14.2. The molecule has 5 rings (SSSR count). The maximum atomic E-state index is 14.7. The number of anilines is 4. The van der Waals surface area contributed by atoms with Gasteiger partial charge >= 0.3 is 0 Å². The van der Waals surface area contributed by atoms with E-state index in [2.05, 4.69) is 42.6 Å². The number of aromatic nitrogens is 4. The standard InChI is InChI=1S/C24H27FN8O2S/c1-31(36(2,34)35)22-17(4-3-9-27-22)15-33-16-21(25)20-14-28-24(30-23(20)33)29-18-5-7-19(8-6-18)32-12-10-26-11-13-32/h3-9,14,16,26H,10-13,15H2,1-2H3,(H,28,29,30). The van der Waals surface area contributed by atoms with Crippen LogP contribution in [0.2, 0.25) is 0 Å². The number of nitrogens with zero attached hydrogens (tertiary/aromatic N) is 6. The molecule has 0 saturated carbocycles. The molecule has 0 amide bonds. The maximum Gasteiger partial charge on any atom is 0.233 e. The summed E-state index contributed by atoms with van der Waals surface area (Å²) in [5, 5.41) is 6.81. The summed E-state index contributed by atoms with van der Waals surface area (Å²) in [5.41, 5.74) is 2.97. The Kier molecular flexibility index (Phi) is 6.46. The Morgan fingerprint density at radius 3 is 2.61 bits per heavy atom. The maximum absolute atomic E-state index is 14.7. The molecular formula is C24H27FN8O2S. The van der Waals surface area contributed by atoms with E-state index >= 15 is 0 Å². The lowest BCUT2D eigenvalue weighted by atomic mass is 10.2. The van der Waals surface area contributed by atoms with Gasteiger partial charge in [0.2, 0.25) is 16.0 Å². The molecule has 1 fully saturated rings. The van der Waals surface area contributed by atoms with Crippen molar-refractivity contribution in [2.75, 3.05) is 54.0 Å². The molecule has 0 atom stereocenters. The van der Waals surface area contributed by atoms with E-state index in [1.165, 1.54) is 25.6 Å². The van der Waals surface area contributed by atoms with Gasteiger partial charge in [0, 0.05) is 68.8 Å². The summed E-state index contributed by atoms with van der Waals surface area (Å²) in [4.78, 5) is 15.4. The average molecular weight is 511 g/mol. The minimum absolute atomic E-state index is 0.180. The third-order valence-electron chi connectivity index (χ3n) is 6.18. The van der Waals surface area contributed by atoms with Gasteiger partial charge in [-0.15, -0.1) is 0 Å². The van der Waals surface area contributed by atoms with Crippen LogP contribution in [0.5, 0.6) is 0 Å². The molecule has 0 unspecified atom stereocenters. The van der Waals surface area contributed by atoms with E-state index in [1.807, 2.05) is 12.1 Å². The monoisotopic (exact) mass is 510 g/mol. The molecule has 3 aromatic heterocycles. The van der Waals surface area contributed by atoms with Crippen LogP contribution in [0.1, 0.15) is 5.56 Å². The highest BCUT2D eigenvalue weighted by atomic mass is 32.2. The molecule has 0 bridgehead atoms. The summed E-state index contributed by atoms with van der Waals surface area (Å²) in [7, 11) is -2.08. The molecule has 188 valence electrons. The van der Waals surface area contributed by atoms with Gasteiger partial charge < -0.3 is 20.1 Å². The zero-order chi connectivity index (χ0) is 25.3. The zero-order valence-corrected chi connectivity index (χ0v) is 20.8. The van der Waals surface area contributed by atoms with Gasteiger partial charge in [-0.05, 0) is 30.3 Å². The summed E-state index contributed by atoms with van der Waals surface area (Å²) in [6, 6.07) is 11.5. The lowest BCUT2D eigenvalue weighted by molar-refractivity contribution is 0.589. The van der Waals surface area contributed by atoms with Crippen molar-refractivity contribution >= 4 is 44.2 Å². The highest BCUT2D eigenvalue weighted by molar-refractivity contribution is 7.92. The third-order valence-corrected chi connectivity index (χ3v) is 7.34. The zero-order valence-electron chi connectivity index (χ0n) is 20.0. The molecule has 1 aliphatic heterocycles. The first-order valence-electron chi connectivity index (χ1n) is 11.5. The Balaban J connectivity index is 1.41. The van der Waals surface area contributed by atoms with Crippen LogP contribution in [0.15, 0.2) is 55.0 Å². The van der Waals surface area contributed by atoms with Crippen LogP contribution in [0, 0.1) is 5.82 Å². The molecule has 0 spiro atoms. The quantitative estimate of drug-likeness (QED) is 0.391. The predicted octanol–water partition coefficient (Wildman–Crippen LogP) is 2.56. The first-order valence-corrected chi connectivity index (χ1v) is 13.4. The van der Waals surface area contributed by atoms with Gasteiger partial charge in [0.1, 0.15) is 11.5 Å². The molecule has 2 N–H and O–H groups in total. The van der Waals surface area contributed by atoms with E-state index < -0.39 is 15.8 Å². The Labute approximate surface area is 208 Å². The molecule has 0 radical (unpaired) electrons. The van der Waals surface area contributed by atoms with Gasteiger partial charge in [-0.2, -0.15) is 4.98 Å². The number of hydrogen-bond acceptors (Lipinski definition) is 8. The van der Waals surface area contributed by atoms with Gasteiger partial charge in [0.25, 0.3) is 0 Å². The second-order valence-electron chi connectivity index (χ2n) is 8.66. The first kappa shape index (κ1) is 23.9. The molecule has 10 nitrogen and oxygen atoms in total. The van der Waals surface area contributed by atoms with Crippen LogP contribution in [0.4, 0.5) is 27.5 Å². The van der Waals surface area contributed by atoms with E-state index in [0.29, 0.717) is 17.2 Å². The Hall–Kier alpha value is -3.77. The number of rotatable bonds is 7. The van der Waals surface area contributed by atoms with Crippen LogP contribution >= 0.6 is 0 Å². The topological polar surface area (TPSA) is 108 Å². The van der Waals surface area contributed by atoms with Crippen molar-refractivity contribution in [1.82, 2.24) is 24.8 Å². The smallest absolute Gasteiger partial charge is 0.233 e. The van der Waals surface area contributed by atoms with Gasteiger partial charge in [-0.3, -0.25) is 4.31 Å². The number of nitrogens with one attached hydrogen (secondary N) is 2. The van der Waals surface area contributed by atoms with Crippen molar-refractivity contribution in [3.63, 3.8) is 0 Å². The van der Waals surface area contributed by atoms with Crippen molar-refractivity contribution < 1.29 is 12.8 Å². The number of halogens is 1. The predicted molar refractivity (Wildman–Crippen MR) is 139 cm³/mol. The van der Waals surface area contributed by atoms with Crippen molar-refractivity contribution in [3.8, 4) is 0 Å². The highest BCUT2D eigenvalue weighted by Crippen LogP contribution is 2.25. The molecule has 1 saturated heterocycles. The van der Waals surface area contributed by atoms with Gasteiger partial charge in [-0.1, -0.05) is 6.07 Å². The Morgan fingerprint density at radius 2 is 1.89 bits per heavy atom. The fourth-order valence-corrected chi connectivity index (χ4v) is 4.67. The van der Waals surface area contributed by atoms with Crippen LogP contribution in [0.25, 0.3) is 11.0 Å². The van der Waals surface area contributed by atoms with E-state index in [-0.39, 0.29) is 17.7 Å². The second kappa shape index (κ2) is 9.70. The van der Waals surface area contributed by atoms with Crippen LogP contribution in [-0.2, 0) is 16.6 Å². The number of fused-ring (bicyclic) bond motifs is 1. The van der Waals surface area contributed by atoms with E-state index in [4.69, 9.17) is 0 Å². The van der Waals surface area contributed by atoms with Crippen molar-refractivity contribution in [1.29, 1.82) is 0 Å². The lowest BCUT2D eigenvalue weighted by Crippen LogP contribution is -2.43. The van der Waals surface area contributed by atoms with Crippen LogP contribution < -0.4 is 19.8 Å². The van der Waals surface area contributed by atoms with Crippen molar-refractivity contribution in [2.45, 2.75) is 6.54 Å². The summed E-state index contributed by atoms with van der Waals surface area (Å²) < 4.78 is 41.6. The minimum atomic E-state index is -3.51. The fourth-order valence-electron chi connectivity index (χ4n) is 4.19. The summed E-state index contributed by atoms with van der Waals surface area (Å²) in [6.07, 6.45) is 5.41. The average Bonchev–Trinajstić information content (AvgIpc) is 3.18. The molecule has 1 aliphatic rings. The second-order valence-corrected chi connectivity index (χ2v) is 10.7. The lowest BCUT2D eigenvalue weighted by Gasteiger charge is -2.29. The number of pyridine rings is 1. The van der Waals surface area contributed by atoms with E-state index in [9.17, 15) is 12.8 Å². The van der Waals surface area contributed by atoms with E-state index in [1.54, 1.807) is 16.7 Å². The van der Waals surface area contributed by atoms with Gasteiger partial charge in [0.15, 0.2) is 5.82 Å². The van der Waals surface area contributed by atoms with Gasteiger partial charge in [-0.25, -0.2) is 22.8 Å². The summed E-state index contributed by atoms with van der Waals surface area (Å²) >= 11 is 0. The first-order chi connectivity index (χ1) is 17.3. The highest BCUT2D eigenvalue weighted by Gasteiger charge is 2.19. The number of benzene rings is 1. The van der Waals surface area contributed by atoms with Crippen molar-refractivity contribution in [3.05, 3.63) is 66.4 Å². The van der Waals surface area contributed by atoms with Crippen LogP contribution in [-0.4, -0.2) is 67.4 Å². The number of piperazine rings is 1. The third kappa shape index (κ3) is 4.95. The summed E-state index contributed by atoms with van der Waals surface area (Å²) in [6.45, 7) is 4.05. The molecular weight excluding hydrogens is 483 g/mol. The van der Waals surface area contributed by atoms with E-state index in [0.717, 1.165) is 48.1 Å². The molecule has 12 heteroatoms. The summed E-state index contributed by atoms with van der Waals surface area (Å²) in [5.74, 6) is 0.148. The largest absolute Gasteiger partial charge is 0.369 e. The van der Waals surface area contributed by atoms with Crippen molar-refractivity contribution in [2.24, 2.45) is 0 Å². The Bertz CT molecular complexity index is 1480. The molecule has 1 aromatic carbocycles. The molecule has 4 heterocycles. The molecule has 36 heavy (non-hydrogen) atoms. The molecule has 4 aromatic rings.